The van der Waals surface area contributed by atoms with Crippen molar-refractivity contribution < 1.29 is 4.79 Å². The van der Waals surface area contributed by atoms with E-state index in [9.17, 15) is 4.79 Å². The van der Waals surface area contributed by atoms with Crippen molar-refractivity contribution >= 4 is 12.0 Å². The second-order valence-corrected chi connectivity index (χ2v) is 3.73. The van der Waals surface area contributed by atoms with Crippen LogP contribution < -0.4 is 5.73 Å². The van der Waals surface area contributed by atoms with Crippen LogP contribution in [0.2, 0.25) is 0 Å². The molecule has 0 heterocycles. The second kappa shape index (κ2) is 18.0. The molecule has 0 aliphatic carbocycles. The van der Waals surface area contributed by atoms with Gasteiger partial charge in [-0.05, 0) is 18.9 Å². The zero-order valence-electron chi connectivity index (χ0n) is 12.9. The van der Waals surface area contributed by atoms with Crippen molar-refractivity contribution in [1.29, 1.82) is 0 Å². The van der Waals surface area contributed by atoms with Crippen molar-refractivity contribution in [2.75, 3.05) is 0 Å². The Morgan fingerprint density at radius 2 is 1.89 bits per heavy atom. The number of nitrogens with two attached hydrogens (primary N) is 1. The molecule has 3 nitrogen and oxygen atoms in total. The first-order valence-electron chi connectivity index (χ1n) is 6.55. The molecule has 0 spiro atoms. The summed E-state index contributed by atoms with van der Waals surface area (Å²) in [6.07, 6.45) is 6.20. The monoisotopic (exact) mass is 254 g/mol. The third-order valence-corrected chi connectivity index (χ3v) is 1.64. The largest absolute Gasteiger partial charge is 0.398 e. The molecular formula is C15H30N2O. The lowest BCUT2D eigenvalue weighted by atomic mass is 10.1. The van der Waals surface area contributed by atoms with Gasteiger partial charge in [0.15, 0.2) is 0 Å². The third kappa shape index (κ3) is 24.0. The molecule has 106 valence electrons. The summed E-state index contributed by atoms with van der Waals surface area (Å²) in [7, 11) is 0. The molecule has 0 rings (SSSR count). The van der Waals surface area contributed by atoms with Crippen molar-refractivity contribution in [2.24, 2.45) is 16.6 Å². The van der Waals surface area contributed by atoms with E-state index in [2.05, 4.69) is 25.4 Å². The van der Waals surface area contributed by atoms with Crippen LogP contribution in [-0.4, -0.2) is 12.0 Å². The van der Waals surface area contributed by atoms with Crippen LogP contribution in [-0.2, 0) is 4.79 Å². The minimum Gasteiger partial charge on any atom is -0.398 e. The summed E-state index contributed by atoms with van der Waals surface area (Å²) in [6.45, 7) is 15.3. The SMILES string of the molecule is C=C/C(N)=C\N=CC.CC.CCC(=O)CC(C)C. The summed E-state index contributed by atoms with van der Waals surface area (Å²) >= 11 is 0. The highest BCUT2D eigenvalue weighted by Gasteiger charge is 1.99. The lowest BCUT2D eigenvalue weighted by Crippen LogP contribution is -1.99. The van der Waals surface area contributed by atoms with E-state index in [0.717, 1.165) is 6.42 Å². The van der Waals surface area contributed by atoms with Crippen LogP contribution in [0.25, 0.3) is 0 Å². The summed E-state index contributed by atoms with van der Waals surface area (Å²) in [5.74, 6) is 0.905. The standard InChI is InChI=1S/C7H14O.C6H10N2.C2H6/c1-4-7(8)5-6(2)3;1-3-6(7)5-8-4-2;1-2/h6H,4-5H2,1-3H3;3-5H,1,7H2,2H3;1-2H3/b;6-5+,8-4?;. The van der Waals surface area contributed by atoms with Gasteiger partial charge in [-0.15, -0.1) is 0 Å². The maximum atomic E-state index is 10.6. The predicted octanol–water partition coefficient (Wildman–Crippen LogP) is 4.10. The Balaban J connectivity index is -0.000000219. The van der Waals surface area contributed by atoms with Crippen LogP contribution in [0, 0.1) is 5.92 Å². The molecule has 3 heteroatoms. The van der Waals surface area contributed by atoms with E-state index in [1.165, 1.54) is 0 Å². The number of Topliss-reactive ketones (excluding diaryl/α,β-unsaturated/α-hetero) is 1. The average molecular weight is 254 g/mol. The Hall–Kier alpha value is -1.38. The van der Waals surface area contributed by atoms with E-state index in [1.807, 2.05) is 27.7 Å². The molecule has 0 aromatic carbocycles. The van der Waals surface area contributed by atoms with E-state index in [1.54, 1.807) is 18.5 Å². The zero-order valence-corrected chi connectivity index (χ0v) is 12.9. The van der Waals surface area contributed by atoms with Crippen LogP contribution >= 0.6 is 0 Å². The number of rotatable bonds is 5. The van der Waals surface area contributed by atoms with Gasteiger partial charge in [-0.3, -0.25) is 9.79 Å². The molecule has 0 aromatic heterocycles. The van der Waals surface area contributed by atoms with E-state index in [-0.39, 0.29) is 0 Å². The number of hydrogen-bond donors (Lipinski definition) is 1. The summed E-state index contributed by atoms with van der Waals surface area (Å²) in [6, 6.07) is 0. The van der Waals surface area contributed by atoms with Gasteiger partial charge in [0.2, 0.25) is 0 Å². The first-order chi connectivity index (χ1) is 8.47. The first kappa shape index (κ1) is 21.9. The zero-order chi connectivity index (χ0) is 15.0. The van der Waals surface area contributed by atoms with Gasteiger partial charge in [0.25, 0.3) is 0 Å². The van der Waals surface area contributed by atoms with Crippen LogP contribution in [0.1, 0.15) is 54.4 Å². The Kier molecular flexibility index (Phi) is 21.9. The third-order valence-electron chi connectivity index (χ3n) is 1.64. The summed E-state index contributed by atoms with van der Waals surface area (Å²) in [4.78, 5) is 14.4. The Morgan fingerprint density at radius 1 is 1.39 bits per heavy atom. The topological polar surface area (TPSA) is 55.4 Å². The number of allylic oxidation sites excluding steroid dienone is 1. The van der Waals surface area contributed by atoms with E-state index >= 15 is 0 Å². The van der Waals surface area contributed by atoms with Crippen LogP contribution in [0.3, 0.4) is 0 Å². The highest BCUT2D eigenvalue weighted by atomic mass is 16.1. The fourth-order valence-electron chi connectivity index (χ4n) is 0.813. The number of ketones is 1. The lowest BCUT2D eigenvalue weighted by Gasteiger charge is -1.98. The number of carbonyl (C=O) groups excluding carboxylic acids is 1. The van der Waals surface area contributed by atoms with Crippen molar-refractivity contribution in [3.05, 3.63) is 24.6 Å². The van der Waals surface area contributed by atoms with Crippen molar-refractivity contribution in [3.63, 3.8) is 0 Å². The summed E-state index contributed by atoms with van der Waals surface area (Å²) < 4.78 is 0. The van der Waals surface area contributed by atoms with Gasteiger partial charge >= 0.3 is 0 Å². The molecule has 0 amide bonds. The molecule has 0 aromatic rings. The van der Waals surface area contributed by atoms with Crippen molar-refractivity contribution in [2.45, 2.75) is 54.4 Å². The number of hydrogen-bond acceptors (Lipinski definition) is 3. The maximum Gasteiger partial charge on any atom is 0.132 e. The van der Waals surface area contributed by atoms with Gasteiger partial charge in [-0.25, -0.2) is 0 Å². The molecule has 18 heavy (non-hydrogen) atoms. The minimum atomic E-state index is 0.375. The molecule has 0 aliphatic heterocycles. The molecule has 0 bridgehead atoms. The van der Waals surface area contributed by atoms with E-state index in [4.69, 9.17) is 5.73 Å². The minimum absolute atomic E-state index is 0.375. The van der Waals surface area contributed by atoms with Gasteiger partial charge < -0.3 is 5.73 Å². The molecule has 0 aliphatic rings. The summed E-state index contributed by atoms with van der Waals surface area (Å²) in [5.41, 5.74) is 5.87. The molecule has 0 atom stereocenters. The Bertz CT molecular complexity index is 253. The van der Waals surface area contributed by atoms with Crippen LogP contribution in [0.15, 0.2) is 29.5 Å². The van der Waals surface area contributed by atoms with E-state index in [0.29, 0.717) is 23.8 Å². The number of nitrogens with zero attached hydrogens (tertiary/aromatic N) is 1. The predicted molar refractivity (Wildman–Crippen MR) is 82.7 cm³/mol. The fraction of sp³-hybridized carbons (Fsp3) is 0.600. The molecular weight excluding hydrogens is 224 g/mol. The number of aliphatic imine (C=N–C) groups is 1. The molecule has 0 saturated heterocycles. The van der Waals surface area contributed by atoms with Crippen molar-refractivity contribution in [3.8, 4) is 0 Å². The molecule has 0 fully saturated rings. The average Bonchev–Trinajstić information content (AvgIpc) is 2.38. The van der Waals surface area contributed by atoms with Crippen LogP contribution in [0.5, 0.6) is 0 Å². The second-order valence-electron chi connectivity index (χ2n) is 3.73. The Morgan fingerprint density at radius 3 is 2.11 bits per heavy atom. The van der Waals surface area contributed by atoms with E-state index < -0.39 is 0 Å². The molecule has 0 unspecified atom stereocenters. The van der Waals surface area contributed by atoms with Crippen LogP contribution in [0.4, 0.5) is 0 Å². The number of carbonyl (C=O) groups is 1. The fourth-order valence-corrected chi connectivity index (χ4v) is 0.813. The quantitative estimate of drug-likeness (QED) is 0.593. The highest BCUT2D eigenvalue weighted by Crippen LogP contribution is 2.01. The summed E-state index contributed by atoms with van der Waals surface area (Å²) in [5, 5.41) is 0. The normalized spacial score (nSPS) is 10.3. The van der Waals surface area contributed by atoms with Crippen molar-refractivity contribution in [1.82, 2.24) is 0 Å². The Labute approximate surface area is 113 Å². The molecule has 0 saturated carbocycles. The first-order valence-corrected chi connectivity index (χ1v) is 6.55. The highest BCUT2D eigenvalue weighted by molar-refractivity contribution is 5.78. The maximum absolute atomic E-state index is 10.6. The van der Waals surface area contributed by atoms with Gasteiger partial charge in [0, 0.05) is 31.0 Å². The smallest absolute Gasteiger partial charge is 0.132 e. The van der Waals surface area contributed by atoms with Gasteiger partial charge in [-0.1, -0.05) is 41.2 Å². The molecule has 0 radical (unpaired) electrons. The van der Waals surface area contributed by atoms with Gasteiger partial charge in [0.1, 0.15) is 5.78 Å². The molecule has 2 N–H and O–H groups in total. The van der Waals surface area contributed by atoms with Gasteiger partial charge in [-0.2, -0.15) is 0 Å². The lowest BCUT2D eigenvalue weighted by molar-refractivity contribution is -0.119. The van der Waals surface area contributed by atoms with Gasteiger partial charge in [0.05, 0.1) is 0 Å².